The smallest absolute Gasteiger partial charge is 0.278 e. The summed E-state index contributed by atoms with van der Waals surface area (Å²) in [7, 11) is -3.61. The van der Waals surface area contributed by atoms with Crippen LogP contribution in [0.2, 0.25) is 0 Å². The average molecular weight is 510 g/mol. The number of hydrogen-bond acceptors (Lipinski definition) is 8. The Morgan fingerprint density at radius 3 is 2.50 bits per heavy atom. The molecule has 1 saturated carbocycles. The van der Waals surface area contributed by atoms with E-state index in [1.165, 1.54) is 12.4 Å². The van der Waals surface area contributed by atoms with Crippen LogP contribution in [-0.4, -0.2) is 56.3 Å². The van der Waals surface area contributed by atoms with Gasteiger partial charge in [-0.25, -0.2) is 33.4 Å². The van der Waals surface area contributed by atoms with Gasteiger partial charge in [-0.2, -0.15) is 0 Å². The molecule has 2 saturated heterocycles. The Balaban J connectivity index is 1.02. The van der Waals surface area contributed by atoms with E-state index in [4.69, 9.17) is 9.57 Å². The largest absolute Gasteiger partial charge is 0.350 e. The van der Waals surface area contributed by atoms with Crippen LogP contribution in [0.4, 0.5) is 5.95 Å². The topological polar surface area (TPSA) is 123 Å². The molecular weight excluding hydrogens is 482 g/mol. The lowest BCUT2D eigenvalue weighted by atomic mass is 10.1. The Morgan fingerprint density at radius 1 is 1.03 bits per heavy atom. The zero-order chi connectivity index (χ0) is 24.7. The third kappa shape index (κ3) is 4.66. The second-order valence-electron chi connectivity index (χ2n) is 9.51. The molecule has 3 heterocycles. The highest BCUT2D eigenvalue weighted by atomic mass is 32.2. The van der Waals surface area contributed by atoms with Crippen molar-refractivity contribution >= 4 is 32.7 Å². The van der Waals surface area contributed by atoms with Gasteiger partial charge in [0.25, 0.3) is 5.91 Å². The number of rotatable bonds is 7. The minimum Gasteiger partial charge on any atom is -0.350 e. The maximum absolute atomic E-state index is 13.0. The molecule has 3 fully saturated rings. The van der Waals surface area contributed by atoms with E-state index in [0.29, 0.717) is 31.2 Å². The molecule has 10 nitrogen and oxygen atoms in total. The molecule has 3 aromatic rings. The van der Waals surface area contributed by atoms with E-state index in [9.17, 15) is 13.2 Å². The van der Waals surface area contributed by atoms with Crippen LogP contribution in [0.3, 0.4) is 0 Å². The van der Waals surface area contributed by atoms with Crippen LogP contribution in [0, 0.1) is 11.8 Å². The van der Waals surface area contributed by atoms with Gasteiger partial charge in [0.05, 0.1) is 10.5 Å². The lowest BCUT2D eigenvalue weighted by Crippen LogP contribution is -2.35. The lowest BCUT2D eigenvalue weighted by Gasteiger charge is -2.22. The zero-order valence-corrected chi connectivity index (χ0v) is 20.4. The summed E-state index contributed by atoms with van der Waals surface area (Å²) in [6, 6.07) is 12.8. The van der Waals surface area contributed by atoms with E-state index >= 15 is 0 Å². The number of nitrogens with one attached hydrogen (secondary N) is 2. The summed E-state index contributed by atoms with van der Waals surface area (Å²) < 4.78 is 34.2. The van der Waals surface area contributed by atoms with E-state index in [1.54, 1.807) is 12.1 Å². The average Bonchev–Trinajstić information content (AvgIpc) is 3.32. The SMILES string of the molecule is O=C(NOC1CCCCO1)c1cnc(N2C[C@@H]3C(NS(=O)(=O)c4ccc5ccccc5c4)[C@@H]3C2)nc1. The number of carbonyl (C=O) groups is 1. The molecule has 0 spiro atoms. The molecule has 1 amide bonds. The number of amides is 1. The molecule has 2 N–H and O–H groups in total. The molecule has 36 heavy (non-hydrogen) atoms. The van der Waals surface area contributed by atoms with E-state index in [1.807, 2.05) is 35.2 Å². The normalized spacial score (nSPS) is 25.5. The quantitative estimate of drug-likeness (QED) is 0.465. The number of nitrogens with zero attached hydrogens (tertiary/aromatic N) is 3. The van der Waals surface area contributed by atoms with Gasteiger partial charge in [-0.1, -0.05) is 30.3 Å². The first-order valence-corrected chi connectivity index (χ1v) is 13.6. The Bertz CT molecular complexity index is 1370. The van der Waals surface area contributed by atoms with Crippen LogP contribution in [0.1, 0.15) is 29.6 Å². The Labute approximate surface area is 209 Å². The first kappa shape index (κ1) is 23.3. The van der Waals surface area contributed by atoms with E-state index < -0.39 is 22.2 Å². The molecule has 2 unspecified atom stereocenters. The molecule has 188 valence electrons. The van der Waals surface area contributed by atoms with Crippen molar-refractivity contribution in [3.05, 3.63) is 60.4 Å². The number of benzene rings is 2. The van der Waals surface area contributed by atoms with E-state index in [0.717, 1.165) is 30.0 Å². The molecule has 6 rings (SSSR count). The number of sulfonamides is 1. The molecular formula is C25H27N5O5S. The highest BCUT2D eigenvalue weighted by Gasteiger charge is 2.57. The second kappa shape index (κ2) is 9.40. The molecule has 2 aromatic carbocycles. The maximum atomic E-state index is 13.0. The summed E-state index contributed by atoms with van der Waals surface area (Å²) in [4.78, 5) is 28.6. The zero-order valence-electron chi connectivity index (χ0n) is 19.5. The van der Waals surface area contributed by atoms with Crippen molar-refractivity contribution in [3.8, 4) is 0 Å². The van der Waals surface area contributed by atoms with Crippen molar-refractivity contribution in [1.82, 2.24) is 20.2 Å². The van der Waals surface area contributed by atoms with Crippen LogP contribution >= 0.6 is 0 Å². The van der Waals surface area contributed by atoms with Crippen molar-refractivity contribution < 1.29 is 22.8 Å². The lowest BCUT2D eigenvalue weighted by molar-refractivity contribution is -0.186. The molecule has 11 heteroatoms. The number of ether oxygens (including phenoxy) is 1. The van der Waals surface area contributed by atoms with Gasteiger partial charge in [-0.3, -0.25) is 4.79 Å². The van der Waals surface area contributed by atoms with Crippen LogP contribution < -0.4 is 15.1 Å². The van der Waals surface area contributed by atoms with Crippen molar-refractivity contribution in [2.75, 3.05) is 24.6 Å². The minimum atomic E-state index is -3.61. The van der Waals surface area contributed by atoms with Crippen molar-refractivity contribution in [3.63, 3.8) is 0 Å². The summed E-state index contributed by atoms with van der Waals surface area (Å²) in [6.45, 7) is 1.94. The van der Waals surface area contributed by atoms with Crippen LogP contribution in [-0.2, 0) is 19.6 Å². The third-order valence-electron chi connectivity index (χ3n) is 7.12. The van der Waals surface area contributed by atoms with Gasteiger partial charge in [0.2, 0.25) is 16.0 Å². The Morgan fingerprint density at radius 2 is 1.78 bits per heavy atom. The number of anilines is 1. The standard InChI is InChI=1S/C25H27N5O5S/c31-24(28-35-22-7-3-4-10-34-22)18-12-26-25(27-13-18)30-14-20-21(15-30)23(20)29-36(32,33)19-9-8-16-5-1-2-6-17(16)11-19/h1-2,5-6,8-9,11-13,20-23,29H,3-4,7,10,14-15H2,(H,28,31)/t20-,21+,22?,23?. The fourth-order valence-electron chi connectivity index (χ4n) is 5.03. The molecule has 1 aromatic heterocycles. The number of carbonyl (C=O) groups excluding carboxylic acids is 1. The van der Waals surface area contributed by atoms with Gasteiger partial charge in [0.15, 0.2) is 6.29 Å². The Hall–Kier alpha value is -3.12. The third-order valence-corrected chi connectivity index (χ3v) is 8.58. The fourth-order valence-corrected chi connectivity index (χ4v) is 6.40. The first-order valence-electron chi connectivity index (χ1n) is 12.1. The number of piperidine rings is 1. The number of fused-ring (bicyclic) bond motifs is 2. The predicted octanol–water partition coefficient (Wildman–Crippen LogP) is 2.23. The van der Waals surface area contributed by atoms with Gasteiger partial charge in [-0.15, -0.1) is 0 Å². The number of aromatic nitrogens is 2. The minimum absolute atomic E-state index is 0.0954. The van der Waals surface area contributed by atoms with Crippen LogP contribution in [0.15, 0.2) is 59.8 Å². The molecule has 4 atom stereocenters. The van der Waals surface area contributed by atoms with Crippen LogP contribution in [0.5, 0.6) is 0 Å². The highest BCUT2D eigenvalue weighted by Crippen LogP contribution is 2.46. The second-order valence-corrected chi connectivity index (χ2v) is 11.2. The van der Waals surface area contributed by atoms with Gasteiger partial charge < -0.3 is 9.64 Å². The maximum Gasteiger partial charge on any atom is 0.278 e. The summed E-state index contributed by atoms with van der Waals surface area (Å²) in [5.41, 5.74) is 2.69. The van der Waals surface area contributed by atoms with E-state index in [-0.39, 0.29) is 22.8 Å². The van der Waals surface area contributed by atoms with Gasteiger partial charge in [0, 0.05) is 44.6 Å². The monoisotopic (exact) mass is 509 g/mol. The molecule has 1 aliphatic carbocycles. The highest BCUT2D eigenvalue weighted by molar-refractivity contribution is 7.89. The molecule has 3 aliphatic rings. The fraction of sp³-hybridized carbons (Fsp3) is 0.400. The van der Waals surface area contributed by atoms with Crippen molar-refractivity contribution in [1.29, 1.82) is 0 Å². The number of hydroxylamine groups is 1. The van der Waals surface area contributed by atoms with E-state index in [2.05, 4.69) is 20.2 Å². The summed E-state index contributed by atoms with van der Waals surface area (Å²) in [5, 5.41) is 1.90. The summed E-state index contributed by atoms with van der Waals surface area (Å²) in [5.74, 6) is 0.501. The Kier molecular flexibility index (Phi) is 6.08. The summed E-state index contributed by atoms with van der Waals surface area (Å²) in [6.07, 6.45) is 5.25. The molecule has 2 aliphatic heterocycles. The van der Waals surface area contributed by atoms with Gasteiger partial charge in [0.1, 0.15) is 0 Å². The van der Waals surface area contributed by atoms with Gasteiger partial charge in [-0.05, 0) is 47.6 Å². The van der Waals surface area contributed by atoms with Gasteiger partial charge >= 0.3 is 0 Å². The van der Waals surface area contributed by atoms with Crippen LogP contribution in [0.25, 0.3) is 10.8 Å². The first-order chi connectivity index (χ1) is 17.5. The summed E-state index contributed by atoms with van der Waals surface area (Å²) >= 11 is 0. The van der Waals surface area contributed by atoms with Crippen molar-refractivity contribution in [2.24, 2.45) is 11.8 Å². The number of hydrogen-bond donors (Lipinski definition) is 2. The predicted molar refractivity (Wildman–Crippen MR) is 131 cm³/mol. The van der Waals surface area contributed by atoms with Crippen molar-refractivity contribution in [2.45, 2.75) is 36.5 Å². The molecule has 0 radical (unpaired) electrons. The molecule has 0 bridgehead atoms.